The van der Waals surface area contributed by atoms with Crippen LogP contribution in [0.15, 0.2) is 18.2 Å². The minimum absolute atomic E-state index is 0.0745. The molecule has 0 bridgehead atoms. The van der Waals surface area contributed by atoms with Crippen LogP contribution in [0.25, 0.3) is 0 Å². The summed E-state index contributed by atoms with van der Waals surface area (Å²) in [4.78, 5) is 11.8. The first-order valence-electron chi connectivity index (χ1n) is 6.16. The van der Waals surface area contributed by atoms with E-state index in [1.807, 2.05) is 19.9 Å². The number of hydrogen-bond donors (Lipinski definition) is 2. The van der Waals surface area contributed by atoms with Crippen molar-refractivity contribution in [2.45, 2.75) is 38.5 Å². The second kappa shape index (κ2) is 4.15. The molecule has 0 radical (unpaired) electrons. The number of nitrogens with one attached hydrogen (secondary N) is 1. The predicted octanol–water partition coefficient (Wildman–Crippen LogP) is 2.37. The third-order valence-corrected chi connectivity index (χ3v) is 3.78. The van der Waals surface area contributed by atoms with Gasteiger partial charge in [0.05, 0.1) is 5.41 Å². The molecule has 1 heterocycles. The summed E-state index contributed by atoms with van der Waals surface area (Å²) in [6.45, 7) is 6.71. The summed E-state index contributed by atoms with van der Waals surface area (Å²) in [5.74, 6) is 0.456. The van der Waals surface area contributed by atoms with E-state index in [9.17, 15) is 4.79 Å². The van der Waals surface area contributed by atoms with Crippen molar-refractivity contribution in [2.24, 2.45) is 5.73 Å². The molecule has 0 saturated carbocycles. The van der Waals surface area contributed by atoms with Gasteiger partial charge in [-0.3, -0.25) is 4.79 Å². The van der Waals surface area contributed by atoms with Crippen LogP contribution in [0.3, 0.4) is 0 Å². The van der Waals surface area contributed by atoms with E-state index in [2.05, 4.69) is 24.4 Å². The number of rotatable bonds is 3. The number of hydrogen-bond acceptors (Lipinski definition) is 2. The molecule has 3 heteroatoms. The van der Waals surface area contributed by atoms with Crippen LogP contribution < -0.4 is 11.1 Å². The molecule has 1 unspecified atom stereocenters. The Kier molecular flexibility index (Phi) is 2.96. The monoisotopic (exact) mass is 232 g/mol. The number of nitrogens with two attached hydrogens (primary N) is 1. The average molecular weight is 232 g/mol. The minimum atomic E-state index is -0.432. The lowest BCUT2D eigenvalue weighted by molar-refractivity contribution is -0.119. The Morgan fingerprint density at radius 3 is 2.71 bits per heavy atom. The van der Waals surface area contributed by atoms with Gasteiger partial charge in [0.1, 0.15) is 0 Å². The number of benzene rings is 1. The molecule has 2 rings (SSSR count). The van der Waals surface area contributed by atoms with Gasteiger partial charge in [0.2, 0.25) is 5.91 Å². The van der Waals surface area contributed by atoms with Crippen molar-refractivity contribution < 1.29 is 4.79 Å². The lowest BCUT2D eigenvalue weighted by Gasteiger charge is -2.18. The third kappa shape index (κ3) is 1.84. The summed E-state index contributed by atoms with van der Waals surface area (Å²) in [6, 6.07) is 6.20. The molecule has 1 aromatic carbocycles. The van der Waals surface area contributed by atoms with Crippen molar-refractivity contribution in [3.63, 3.8) is 0 Å². The molecule has 0 aliphatic carbocycles. The van der Waals surface area contributed by atoms with Crippen molar-refractivity contribution in [2.75, 3.05) is 11.9 Å². The molecule has 0 saturated heterocycles. The molecule has 17 heavy (non-hydrogen) atoms. The van der Waals surface area contributed by atoms with Crippen LogP contribution in [0.4, 0.5) is 5.69 Å². The van der Waals surface area contributed by atoms with E-state index in [0.717, 1.165) is 17.7 Å². The van der Waals surface area contributed by atoms with Crippen molar-refractivity contribution in [1.29, 1.82) is 0 Å². The molecule has 0 fully saturated rings. The molecule has 3 N–H and O–H groups in total. The minimum Gasteiger partial charge on any atom is -0.330 e. The van der Waals surface area contributed by atoms with E-state index in [1.165, 1.54) is 5.56 Å². The third-order valence-electron chi connectivity index (χ3n) is 3.78. The summed E-state index contributed by atoms with van der Waals surface area (Å²) >= 11 is 0. The quantitative estimate of drug-likeness (QED) is 0.840. The number of amides is 1. The zero-order chi connectivity index (χ0) is 12.6. The Labute approximate surface area is 102 Å². The zero-order valence-electron chi connectivity index (χ0n) is 10.7. The van der Waals surface area contributed by atoms with Crippen LogP contribution in [0.1, 0.15) is 44.2 Å². The molecule has 1 amide bonds. The van der Waals surface area contributed by atoms with Crippen LogP contribution in [-0.2, 0) is 10.2 Å². The fourth-order valence-corrected chi connectivity index (χ4v) is 2.38. The smallest absolute Gasteiger partial charge is 0.234 e. The molecule has 1 aliphatic rings. The van der Waals surface area contributed by atoms with Crippen molar-refractivity contribution in [3.05, 3.63) is 29.3 Å². The second-order valence-corrected chi connectivity index (χ2v) is 5.23. The molecule has 1 aromatic rings. The lowest BCUT2D eigenvalue weighted by Crippen LogP contribution is -2.27. The van der Waals surface area contributed by atoms with Crippen LogP contribution in [0.5, 0.6) is 0 Å². The van der Waals surface area contributed by atoms with Gasteiger partial charge in [-0.2, -0.15) is 0 Å². The van der Waals surface area contributed by atoms with Crippen LogP contribution in [0.2, 0.25) is 0 Å². The van der Waals surface area contributed by atoms with Gasteiger partial charge in [0, 0.05) is 5.69 Å². The van der Waals surface area contributed by atoms with E-state index in [0.29, 0.717) is 12.5 Å². The first kappa shape index (κ1) is 12.1. The number of carbonyl (C=O) groups is 1. The predicted molar refractivity (Wildman–Crippen MR) is 70.2 cm³/mol. The van der Waals surface area contributed by atoms with Gasteiger partial charge in [-0.1, -0.05) is 19.1 Å². The Morgan fingerprint density at radius 2 is 2.12 bits per heavy atom. The van der Waals surface area contributed by atoms with E-state index >= 15 is 0 Å². The maximum atomic E-state index is 11.8. The molecule has 92 valence electrons. The number of fused-ring (bicyclic) bond motifs is 1. The summed E-state index contributed by atoms with van der Waals surface area (Å²) < 4.78 is 0. The summed E-state index contributed by atoms with van der Waals surface area (Å²) in [5, 5.41) is 2.92. The lowest BCUT2D eigenvalue weighted by atomic mass is 9.83. The highest BCUT2D eigenvalue weighted by atomic mass is 16.2. The first-order valence-corrected chi connectivity index (χ1v) is 6.16. The summed E-state index contributed by atoms with van der Waals surface area (Å²) in [6.07, 6.45) is 1.02. The first-order chi connectivity index (χ1) is 8.00. The number of carbonyl (C=O) groups excluding carboxylic acids is 1. The standard InChI is InChI=1S/C14H20N2O/c1-4-9(8-15)10-5-6-12-11(7-10)14(2,3)13(17)16-12/h5-7,9H,4,8,15H2,1-3H3,(H,16,17). The Bertz CT molecular complexity index is 448. The van der Waals surface area contributed by atoms with Gasteiger partial charge in [-0.15, -0.1) is 0 Å². The van der Waals surface area contributed by atoms with Gasteiger partial charge < -0.3 is 11.1 Å². The van der Waals surface area contributed by atoms with E-state index in [1.54, 1.807) is 0 Å². The highest BCUT2D eigenvalue weighted by Crippen LogP contribution is 2.38. The maximum Gasteiger partial charge on any atom is 0.234 e. The Hall–Kier alpha value is -1.35. The fourth-order valence-electron chi connectivity index (χ4n) is 2.38. The highest BCUT2D eigenvalue weighted by Gasteiger charge is 2.38. The van der Waals surface area contributed by atoms with Crippen molar-refractivity contribution in [3.8, 4) is 0 Å². The molecule has 1 atom stereocenters. The van der Waals surface area contributed by atoms with Crippen LogP contribution in [0, 0.1) is 0 Å². The summed E-state index contributed by atoms with van der Waals surface area (Å²) in [7, 11) is 0. The highest BCUT2D eigenvalue weighted by molar-refractivity contribution is 6.05. The second-order valence-electron chi connectivity index (χ2n) is 5.23. The van der Waals surface area contributed by atoms with Crippen molar-refractivity contribution >= 4 is 11.6 Å². The van der Waals surface area contributed by atoms with Crippen LogP contribution in [-0.4, -0.2) is 12.5 Å². The molecule has 3 nitrogen and oxygen atoms in total. The normalized spacial score (nSPS) is 18.7. The van der Waals surface area contributed by atoms with Crippen LogP contribution >= 0.6 is 0 Å². The van der Waals surface area contributed by atoms with Gasteiger partial charge in [-0.05, 0) is 49.9 Å². The van der Waals surface area contributed by atoms with E-state index in [-0.39, 0.29) is 5.91 Å². The Balaban J connectivity index is 2.45. The largest absolute Gasteiger partial charge is 0.330 e. The molecular formula is C14H20N2O. The summed E-state index contributed by atoms with van der Waals surface area (Å²) in [5.41, 5.74) is 8.61. The van der Waals surface area contributed by atoms with Gasteiger partial charge in [-0.25, -0.2) is 0 Å². The van der Waals surface area contributed by atoms with Gasteiger partial charge in [0.15, 0.2) is 0 Å². The fraction of sp³-hybridized carbons (Fsp3) is 0.500. The molecule has 0 spiro atoms. The van der Waals surface area contributed by atoms with Gasteiger partial charge in [0.25, 0.3) is 0 Å². The SMILES string of the molecule is CCC(CN)c1ccc2c(c1)C(C)(C)C(=O)N2. The zero-order valence-corrected chi connectivity index (χ0v) is 10.7. The molecular weight excluding hydrogens is 212 g/mol. The Morgan fingerprint density at radius 1 is 1.41 bits per heavy atom. The maximum absolute atomic E-state index is 11.8. The van der Waals surface area contributed by atoms with E-state index in [4.69, 9.17) is 5.73 Å². The molecule has 1 aliphatic heterocycles. The average Bonchev–Trinajstić information content (AvgIpc) is 2.53. The number of anilines is 1. The van der Waals surface area contributed by atoms with E-state index < -0.39 is 5.41 Å². The topological polar surface area (TPSA) is 55.1 Å². The van der Waals surface area contributed by atoms with Gasteiger partial charge >= 0.3 is 0 Å². The molecule has 0 aromatic heterocycles. The van der Waals surface area contributed by atoms with Crippen molar-refractivity contribution in [1.82, 2.24) is 0 Å².